The zero-order valence-corrected chi connectivity index (χ0v) is 21.4. The van der Waals surface area contributed by atoms with Gasteiger partial charge in [-0.15, -0.1) is 0 Å². The second kappa shape index (κ2) is 8.42. The number of benzene rings is 2. The van der Waals surface area contributed by atoms with Crippen molar-refractivity contribution >= 4 is 34.0 Å². The molecule has 4 nitrogen and oxygen atoms in total. The zero-order chi connectivity index (χ0) is 22.1. The molecule has 5 heteroatoms. The van der Waals surface area contributed by atoms with E-state index in [2.05, 4.69) is 14.8 Å². The van der Waals surface area contributed by atoms with Crippen LogP contribution >= 0.6 is 0 Å². The number of nitrogens with zero attached hydrogens (tertiary/aromatic N) is 1. The number of rotatable bonds is 4. The summed E-state index contributed by atoms with van der Waals surface area (Å²) >= 11 is -2.98. The standard InChI is InChI=1S/C22H20NO3.3CH3.Sn/c1-22(2,3)26-21(25)23-14-18(16-10-6-4-7-11-16)19(15-23)20(24)17-12-8-5-9-13-17;;;;/h4-14H,1-3H3;3*1H3;. The second-order valence-corrected chi connectivity index (χ2v) is 23.6. The van der Waals surface area contributed by atoms with Gasteiger partial charge in [0.2, 0.25) is 0 Å². The SMILES string of the molecule is CC(C)(C)OC(=O)n1cc(-c2ccccc2)c(C(=O)c2ccccc2)[c]1[Sn]([CH3])([CH3])[CH3]. The Balaban J connectivity index is 2.31. The summed E-state index contributed by atoms with van der Waals surface area (Å²) < 4.78 is 8.15. The third kappa shape index (κ3) is 4.86. The molecule has 0 aliphatic rings. The van der Waals surface area contributed by atoms with Crippen LogP contribution in [0, 0.1) is 0 Å². The number of carbonyl (C=O) groups excluding carboxylic acids is 2. The van der Waals surface area contributed by atoms with Crippen molar-refractivity contribution in [1.29, 1.82) is 0 Å². The van der Waals surface area contributed by atoms with Crippen LogP contribution in [0.5, 0.6) is 0 Å². The first-order valence-electron chi connectivity index (χ1n) is 10.1. The maximum absolute atomic E-state index is 13.7. The van der Waals surface area contributed by atoms with E-state index >= 15 is 0 Å². The van der Waals surface area contributed by atoms with Gasteiger partial charge in [-0.2, -0.15) is 0 Å². The van der Waals surface area contributed by atoms with Gasteiger partial charge in [-0.3, -0.25) is 0 Å². The predicted molar refractivity (Wildman–Crippen MR) is 124 cm³/mol. The fourth-order valence-corrected chi connectivity index (χ4v) is 8.85. The molecule has 0 saturated heterocycles. The van der Waals surface area contributed by atoms with E-state index < -0.39 is 30.1 Å². The van der Waals surface area contributed by atoms with E-state index in [0.717, 1.165) is 14.8 Å². The van der Waals surface area contributed by atoms with Gasteiger partial charge in [0, 0.05) is 0 Å². The van der Waals surface area contributed by atoms with Crippen molar-refractivity contribution in [2.45, 2.75) is 41.2 Å². The molecule has 156 valence electrons. The second-order valence-electron chi connectivity index (χ2n) is 9.43. The molecule has 0 amide bonds. The van der Waals surface area contributed by atoms with Gasteiger partial charge < -0.3 is 0 Å². The quantitative estimate of drug-likeness (QED) is 0.334. The predicted octanol–water partition coefficient (Wildman–Crippen LogP) is 5.71. The van der Waals surface area contributed by atoms with Gasteiger partial charge in [-0.25, -0.2) is 0 Å². The van der Waals surface area contributed by atoms with Crippen LogP contribution in [0.3, 0.4) is 0 Å². The number of ether oxygens (including phenoxy) is 1. The Kier molecular flexibility index (Phi) is 6.27. The van der Waals surface area contributed by atoms with E-state index in [0.29, 0.717) is 11.1 Å². The van der Waals surface area contributed by atoms with Crippen LogP contribution in [-0.4, -0.2) is 40.4 Å². The van der Waals surface area contributed by atoms with Crippen LogP contribution in [-0.2, 0) is 4.74 Å². The van der Waals surface area contributed by atoms with Crippen LogP contribution in [0.15, 0.2) is 66.9 Å². The molecule has 0 atom stereocenters. The van der Waals surface area contributed by atoms with Crippen molar-refractivity contribution in [2.75, 3.05) is 0 Å². The van der Waals surface area contributed by atoms with E-state index in [1.807, 2.05) is 81.4 Å². The van der Waals surface area contributed by atoms with Crippen molar-refractivity contribution in [1.82, 2.24) is 4.57 Å². The molecule has 0 fully saturated rings. The number of hydrogen-bond donors (Lipinski definition) is 0. The Bertz CT molecular complexity index is 1060. The Hall–Kier alpha value is -2.34. The van der Waals surface area contributed by atoms with Gasteiger partial charge >= 0.3 is 183 Å². The summed E-state index contributed by atoms with van der Waals surface area (Å²) in [5.74, 6) is -0.0570. The molecular weight excluding hydrogens is 481 g/mol. The normalized spacial score (nSPS) is 11.9. The summed E-state index contributed by atoms with van der Waals surface area (Å²) in [6.07, 6.45) is 1.35. The van der Waals surface area contributed by atoms with Gasteiger partial charge in [0.1, 0.15) is 0 Å². The minimum atomic E-state index is -2.98. The molecule has 2 aromatic carbocycles. The zero-order valence-electron chi connectivity index (χ0n) is 18.5. The summed E-state index contributed by atoms with van der Waals surface area (Å²) in [4.78, 5) is 33.5. The molecule has 30 heavy (non-hydrogen) atoms. The first-order valence-corrected chi connectivity index (χ1v) is 20.1. The Morgan fingerprint density at radius 3 is 1.90 bits per heavy atom. The van der Waals surface area contributed by atoms with E-state index in [9.17, 15) is 9.59 Å². The van der Waals surface area contributed by atoms with E-state index in [1.54, 1.807) is 10.8 Å². The van der Waals surface area contributed by atoms with E-state index in [-0.39, 0.29) is 5.78 Å². The first kappa shape index (κ1) is 22.3. The molecule has 0 aliphatic heterocycles. The molecule has 0 unspecified atom stereocenters. The van der Waals surface area contributed by atoms with Crippen molar-refractivity contribution in [3.8, 4) is 11.1 Å². The van der Waals surface area contributed by atoms with Crippen molar-refractivity contribution < 1.29 is 14.3 Å². The fraction of sp³-hybridized carbons (Fsp3) is 0.280. The third-order valence-corrected chi connectivity index (χ3v) is 10.1. The van der Waals surface area contributed by atoms with Crippen molar-refractivity contribution in [2.24, 2.45) is 0 Å². The van der Waals surface area contributed by atoms with E-state index in [1.165, 1.54) is 0 Å². The van der Waals surface area contributed by atoms with E-state index in [4.69, 9.17) is 4.74 Å². The number of ketones is 1. The molecule has 1 aromatic heterocycles. The van der Waals surface area contributed by atoms with Crippen LogP contribution in [0.4, 0.5) is 4.79 Å². The van der Waals surface area contributed by atoms with Gasteiger partial charge in [0.15, 0.2) is 0 Å². The topological polar surface area (TPSA) is 48.3 Å². The van der Waals surface area contributed by atoms with Crippen LogP contribution < -0.4 is 3.71 Å². The minimum absolute atomic E-state index is 0.0570. The molecule has 0 spiro atoms. The average Bonchev–Trinajstić information content (AvgIpc) is 3.09. The molecule has 3 rings (SSSR count). The number of carbonyl (C=O) groups is 2. The molecule has 1 heterocycles. The molecule has 0 radical (unpaired) electrons. The Morgan fingerprint density at radius 1 is 0.867 bits per heavy atom. The monoisotopic (exact) mass is 511 g/mol. The molecular formula is C25H29NO3Sn. The summed E-state index contributed by atoms with van der Waals surface area (Å²) in [5, 5.41) is 0. The first-order chi connectivity index (χ1) is 14.0. The molecule has 3 aromatic rings. The van der Waals surface area contributed by atoms with Crippen LogP contribution in [0.2, 0.25) is 14.8 Å². The summed E-state index contributed by atoms with van der Waals surface area (Å²) in [6, 6.07) is 19.0. The summed E-state index contributed by atoms with van der Waals surface area (Å²) in [6.45, 7) is 5.55. The maximum atomic E-state index is 13.7. The van der Waals surface area contributed by atoms with Gasteiger partial charge in [0.25, 0.3) is 0 Å². The Labute approximate surface area is 182 Å². The Morgan fingerprint density at radius 2 is 1.40 bits per heavy atom. The molecule has 0 saturated carbocycles. The van der Waals surface area contributed by atoms with Gasteiger partial charge in [-0.1, -0.05) is 0 Å². The van der Waals surface area contributed by atoms with Crippen molar-refractivity contribution in [3.05, 3.63) is 78.0 Å². The number of hydrogen-bond acceptors (Lipinski definition) is 3. The third-order valence-electron chi connectivity index (χ3n) is 4.65. The molecule has 0 N–H and O–H groups in total. The molecule has 0 bridgehead atoms. The van der Waals surface area contributed by atoms with Crippen molar-refractivity contribution in [3.63, 3.8) is 0 Å². The summed E-state index contributed by atoms with van der Waals surface area (Å²) in [7, 11) is 0. The average molecular weight is 510 g/mol. The van der Waals surface area contributed by atoms with Gasteiger partial charge in [-0.05, 0) is 0 Å². The van der Waals surface area contributed by atoms with Crippen LogP contribution in [0.25, 0.3) is 11.1 Å². The van der Waals surface area contributed by atoms with Gasteiger partial charge in [0.05, 0.1) is 0 Å². The summed E-state index contributed by atoms with van der Waals surface area (Å²) in [5.41, 5.74) is 2.31. The van der Waals surface area contributed by atoms with Crippen LogP contribution in [0.1, 0.15) is 36.7 Å². The fourth-order valence-electron chi connectivity index (χ4n) is 3.50. The molecule has 0 aliphatic carbocycles. The number of aromatic nitrogens is 1.